The molecule has 0 aliphatic rings. The molecule has 23 heavy (non-hydrogen) atoms. The zero-order valence-corrected chi connectivity index (χ0v) is 11.9. The minimum absolute atomic E-state index is 0. The van der Waals surface area contributed by atoms with Gasteiger partial charge in [-0.3, -0.25) is 19.2 Å². The Bertz CT molecular complexity index is 813. The minimum Gasteiger partial charge on any atom is -0.478 e. The first kappa shape index (κ1) is 19.8. The van der Waals surface area contributed by atoms with Crippen molar-refractivity contribution in [3.8, 4) is 0 Å². The number of hydrogen-bond acceptors (Lipinski definition) is 6. The molecule has 0 fully saturated rings. The molecule has 0 aromatic carbocycles. The molecule has 0 saturated heterocycles. The molecule has 2 heterocycles. The molecule has 0 bridgehead atoms. The maximum Gasteiger partial charge on any atom is 1.00 e. The maximum absolute atomic E-state index is 10.5. The van der Waals surface area contributed by atoms with Crippen molar-refractivity contribution in [1.29, 1.82) is 0 Å². The SMILES string of the molecule is O=C(O)c1cc(=O)[nH]c(=O)[n-]1.O=C(O)c1cc(=O)[nH]c(=O)[n-]1.[Fe].[H+].[H+]. The second kappa shape index (κ2) is 8.31. The Morgan fingerprint density at radius 1 is 0.826 bits per heavy atom. The molecule has 2 rings (SSSR count). The van der Waals surface area contributed by atoms with Gasteiger partial charge in [-0.2, -0.15) is 0 Å². The molecule has 0 unspecified atom stereocenters. The normalized spacial score (nSPS) is 9.04. The molecule has 0 aliphatic heterocycles. The number of aromatic carboxylic acids is 2. The zero-order valence-electron chi connectivity index (χ0n) is 12.7. The summed E-state index contributed by atoms with van der Waals surface area (Å²) in [4.78, 5) is 71.6. The van der Waals surface area contributed by atoms with Crippen LogP contribution in [0.5, 0.6) is 0 Å². The second-order valence-electron chi connectivity index (χ2n) is 3.48. The van der Waals surface area contributed by atoms with Crippen LogP contribution in [-0.4, -0.2) is 32.1 Å². The third kappa shape index (κ3) is 6.41. The number of carboxylic acids is 2. The summed E-state index contributed by atoms with van der Waals surface area (Å²) in [5, 5.41) is 16.6. The van der Waals surface area contributed by atoms with E-state index in [4.69, 9.17) is 10.2 Å². The van der Waals surface area contributed by atoms with E-state index in [9.17, 15) is 28.8 Å². The summed E-state index contributed by atoms with van der Waals surface area (Å²) >= 11 is 0. The Labute approximate surface area is 137 Å². The van der Waals surface area contributed by atoms with Crippen LogP contribution in [0.2, 0.25) is 0 Å². The Hall–Kier alpha value is -3.18. The third-order valence-corrected chi connectivity index (χ3v) is 1.88. The first-order valence-electron chi connectivity index (χ1n) is 5.22. The summed E-state index contributed by atoms with van der Waals surface area (Å²) in [6.45, 7) is 0. The zero-order chi connectivity index (χ0) is 16.9. The van der Waals surface area contributed by atoms with Gasteiger partial charge >= 0.3 is 14.8 Å². The largest absolute Gasteiger partial charge is 1.00 e. The molecule has 0 atom stereocenters. The Kier molecular flexibility index (Phi) is 7.16. The quantitative estimate of drug-likeness (QED) is 0.396. The van der Waals surface area contributed by atoms with Gasteiger partial charge in [0.25, 0.3) is 0 Å². The van der Waals surface area contributed by atoms with Crippen molar-refractivity contribution in [3.63, 3.8) is 0 Å². The molecular formula is C10H8FeN4O8. The summed E-state index contributed by atoms with van der Waals surface area (Å²) in [6, 6.07) is 1.48. The van der Waals surface area contributed by atoms with Gasteiger partial charge in [0, 0.05) is 17.1 Å². The van der Waals surface area contributed by atoms with E-state index >= 15 is 0 Å². The van der Waals surface area contributed by atoms with Crippen LogP contribution in [-0.2, 0) is 17.1 Å². The molecule has 2 aromatic rings. The van der Waals surface area contributed by atoms with Crippen molar-refractivity contribution in [2.24, 2.45) is 0 Å². The molecule has 0 spiro atoms. The van der Waals surface area contributed by atoms with Gasteiger partial charge in [0.05, 0.1) is 11.4 Å². The van der Waals surface area contributed by atoms with Crippen molar-refractivity contribution in [2.45, 2.75) is 0 Å². The molecule has 2 aromatic heterocycles. The third-order valence-electron chi connectivity index (χ3n) is 1.88. The van der Waals surface area contributed by atoms with E-state index in [-0.39, 0.29) is 19.9 Å². The van der Waals surface area contributed by atoms with E-state index in [1.807, 2.05) is 0 Å². The van der Waals surface area contributed by atoms with Gasteiger partial charge in [0.15, 0.2) is 22.5 Å². The van der Waals surface area contributed by atoms with Crippen LogP contribution in [0, 0.1) is 0 Å². The fraction of sp³-hybridized carbons (Fsp3) is 0. The Morgan fingerprint density at radius 3 is 1.35 bits per heavy atom. The van der Waals surface area contributed by atoms with Crippen LogP contribution < -0.4 is 32.5 Å². The van der Waals surface area contributed by atoms with Crippen molar-refractivity contribution >= 4 is 11.9 Å². The number of H-pyrrole nitrogens is 2. The molecule has 124 valence electrons. The summed E-state index contributed by atoms with van der Waals surface area (Å²) in [7, 11) is 0. The molecule has 0 radical (unpaired) electrons. The molecule has 0 amide bonds. The smallest absolute Gasteiger partial charge is 0.478 e. The van der Waals surface area contributed by atoms with Gasteiger partial charge in [-0.15, -0.1) is 0 Å². The van der Waals surface area contributed by atoms with E-state index in [0.717, 1.165) is 12.1 Å². The van der Waals surface area contributed by atoms with Gasteiger partial charge in [-0.05, 0) is 12.1 Å². The van der Waals surface area contributed by atoms with E-state index in [1.165, 1.54) is 0 Å². The van der Waals surface area contributed by atoms with Gasteiger partial charge in [-0.25, -0.2) is 9.59 Å². The molecule has 0 aliphatic carbocycles. The van der Waals surface area contributed by atoms with Gasteiger partial charge in [0.2, 0.25) is 0 Å². The fourth-order valence-corrected chi connectivity index (χ4v) is 1.09. The van der Waals surface area contributed by atoms with Crippen LogP contribution in [0.1, 0.15) is 23.8 Å². The summed E-state index contributed by atoms with van der Waals surface area (Å²) in [5.41, 5.74) is -4.51. The van der Waals surface area contributed by atoms with Crippen molar-refractivity contribution in [2.75, 3.05) is 0 Å². The van der Waals surface area contributed by atoms with Crippen molar-refractivity contribution < 1.29 is 39.7 Å². The predicted octanol–water partition coefficient (Wildman–Crippen LogP) is -3.00. The second-order valence-corrected chi connectivity index (χ2v) is 3.48. The molecular weight excluding hydrogens is 360 g/mol. The van der Waals surface area contributed by atoms with E-state index in [1.54, 1.807) is 9.97 Å². The molecule has 13 heteroatoms. The topological polar surface area (TPSA) is 203 Å². The number of aromatic amines is 2. The summed E-state index contributed by atoms with van der Waals surface area (Å²) < 4.78 is 0. The summed E-state index contributed by atoms with van der Waals surface area (Å²) in [5.74, 6) is -2.79. The average molecular weight is 368 g/mol. The van der Waals surface area contributed by atoms with Crippen LogP contribution in [0.4, 0.5) is 0 Å². The number of nitrogens with one attached hydrogen (secondary N) is 2. The number of aromatic nitrogens is 4. The van der Waals surface area contributed by atoms with Crippen molar-refractivity contribution in [1.82, 2.24) is 19.9 Å². The van der Waals surface area contributed by atoms with Crippen LogP contribution in [0.25, 0.3) is 0 Å². The van der Waals surface area contributed by atoms with E-state index < -0.39 is 45.8 Å². The van der Waals surface area contributed by atoms with E-state index in [2.05, 4.69) is 9.97 Å². The number of carboxylic acid groups (broad SMARTS) is 2. The molecule has 12 nitrogen and oxygen atoms in total. The fourth-order valence-electron chi connectivity index (χ4n) is 1.09. The van der Waals surface area contributed by atoms with Gasteiger partial charge < -0.3 is 30.1 Å². The molecule has 0 saturated carbocycles. The van der Waals surface area contributed by atoms with Crippen molar-refractivity contribution in [3.05, 3.63) is 65.2 Å². The number of rotatable bonds is 2. The number of hydrogen-bond donors (Lipinski definition) is 4. The monoisotopic (exact) mass is 368 g/mol. The molecule has 4 N–H and O–H groups in total. The predicted molar refractivity (Wildman–Crippen MR) is 69.4 cm³/mol. The summed E-state index contributed by atoms with van der Waals surface area (Å²) in [6.07, 6.45) is 0. The Balaban J connectivity index is -0.000000346. The number of nitrogens with zero attached hydrogens (tertiary/aromatic N) is 2. The van der Waals surface area contributed by atoms with Crippen LogP contribution >= 0.6 is 0 Å². The minimum atomic E-state index is -1.40. The maximum atomic E-state index is 10.5. The number of carbonyl (C=O) groups is 2. The van der Waals surface area contributed by atoms with Crippen LogP contribution in [0.15, 0.2) is 31.3 Å². The standard InChI is InChI=1S/2C5H4N2O4.Fe/c2*8-3-1-2(4(9)10)6-5(11)7-3;/h2*1H,(H3,6,7,8,9,10,11);. The Morgan fingerprint density at radius 2 is 1.13 bits per heavy atom. The van der Waals surface area contributed by atoms with Gasteiger partial charge in [0.1, 0.15) is 0 Å². The average Bonchev–Trinajstić information content (AvgIpc) is 2.37. The first-order chi connectivity index (χ1) is 10.2. The van der Waals surface area contributed by atoms with E-state index in [0.29, 0.717) is 0 Å². The van der Waals surface area contributed by atoms with Crippen LogP contribution in [0.3, 0.4) is 0 Å². The van der Waals surface area contributed by atoms with Gasteiger partial charge in [-0.1, -0.05) is 0 Å². The first-order valence-corrected chi connectivity index (χ1v) is 5.22.